The minimum absolute atomic E-state index is 0. The fourth-order valence-electron chi connectivity index (χ4n) is 12.6. The van der Waals surface area contributed by atoms with Gasteiger partial charge < -0.3 is 35.1 Å². The van der Waals surface area contributed by atoms with E-state index in [1.165, 1.54) is 65.1 Å². The summed E-state index contributed by atoms with van der Waals surface area (Å²) in [6.45, 7) is 13.3. The summed E-state index contributed by atoms with van der Waals surface area (Å²) in [5.74, 6) is -2.06. The minimum atomic E-state index is -0.994. The van der Waals surface area contributed by atoms with E-state index in [2.05, 4.69) is 67.7 Å². The number of carbonyl (C=O) groups excluding carboxylic acids is 4. The largest absolute Gasteiger partial charge is 0.481 e. The number of amides is 1. The SMILES string of the molecule is C[C@H](CC(=O)Oc1ccc2c(c1)[C@@]1(C)CCCCC[C@@H](C2)[C@@H]1N)C(=O)O.C[C@H](CC(=O)Oc1ccc2c(c1)[C@@]1(C)CCCCC[C@@H](C2)[C@@H]1NC(=O)OCC1c2ccccc2-c2ccccc21)C(=O)OC(C)(C)C.Cl. The van der Waals surface area contributed by atoms with Crippen molar-refractivity contribution in [1.82, 2.24) is 5.32 Å². The molecule has 398 valence electrons. The van der Waals surface area contributed by atoms with Crippen LogP contribution >= 0.6 is 12.4 Å². The highest BCUT2D eigenvalue weighted by atomic mass is 35.5. The Hall–Kier alpha value is -5.72. The van der Waals surface area contributed by atoms with Crippen molar-refractivity contribution in [3.63, 3.8) is 0 Å². The zero-order valence-electron chi connectivity index (χ0n) is 44.3. The molecule has 0 radical (unpaired) electrons. The highest BCUT2D eigenvalue weighted by Crippen LogP contribution is 2.49. The van der Waals surface area contributed by atoms with E-state index in [-0.39, 0.29) is 66.6 Å². The molecule has 4 aromatic carbocycles. The number of nitrogens with two attached hydrogens (primary N) is 1. The Morgan fingerprint density at radius 1 is 0.689 bits per heavy atom. The molecule has 4 N–H and O–H groups in total. The van der Waals surface area contributed by atoms with Gasteiger partial charge in [-0.25, -0.2) is 4.79 Å². The lowest BCUT2D eigenvalue weighted by molar-refractivity contribution is -0.161. The Bertz CT molecular complexity index is 2650. The van der Waals surface area contributed by atoms with Crippen LogP contribution in [0.5, 0.6) is 11.5 Å². The lowest BCUT2D eigenvalue weighted by Crippen LogP contribution is -2.57. The summed E-state index contributed by atoms with van der Waals surface area (Å²) in [4.78, 5) is 61.9. The maximum absolute atomic E-state index is 13.6. The van der Waals surface area contributed by atoms with Crippen molar-refractivity contribution in [2.24, 2.45) is 29.4 Å². The molecule has 1 amide bonds. The second kappa shape index (κ2) is 23.4. The average Bonchev–Trinajstić information content (AvgIpc) is 3.66. The molecule has 8 atom stereocenters. The molecule has 0 aromatic heterocycles. The zero-order chi connectivity index (χ0) is 52.2. The topological polar surface area (TPSA) is 181 Å². The number of nitrogens with one attached hydrogen (secondary N) is 1. The summed E-state index contributed by atoms with van der Waals surface area (Å²) in [6, 6.07) is 28.4. The number of aliphatic carboxylic acids is 1. The van der Waals surface area contributed by atoms with E-state index in [0.717, 1.165) is 63.4 Å². The van der Waals surface area contributed by atoms with Crippen molar-refractivity contribution in [1.29, 1.82) is 0 Å². The van der Waals surface area contributed by atoms with Crippen LogP contribution in [0, 0.1) is 23.7 Å². The summed E-state index contributed by atoms with van der Waals surface area (Å²) in [5.41, 5.74) is 15.2. The highest BCUT2D eigenvalue weighted by Gasteiger charge is 2.48. The predicted octanol–water partition coefficient (Wildman–Crippen LogP) is 12.1. The second-order valence-electron chi connectivity index (χ2n) is 23.1. The summed E-state index contributed by atoms with van der Waals surface area (Å²) in [6.07, 6.45) is 12.4. The summed E-state index contributed by atoms with van der Waals surface area (Å²) < 4.78 is 22.7. The quantitative estimate of drug-likeness (QED) is 0.0961. The van der Waals surface area contributed by atoms with Crippen LogP contribution in [-0.2, 0) is 52.3 Å². The molecular weight excluding hydrogens is 956 g/mol. The van der Waals surface area contributed by atoms with E-state index >= 15 is 0 Å². The van der Waals surface area contributed by atoms with Crippen LogP contribution in [-0.4, -0.2) is 59.4 Å². The van der Waals surface area contributed by atoms with Crippen LogP contribution in [0.3, 0.4) is 0 Å². The highest BCUT2D eigenvalue weighted by molar-refractivity contribution is 5.85. The fraction of sp³-hybridized carbons (Fsp3) is 0.525. The van der Waals surface area contributed by atoms with Gasteiger partial charge in [0.1, 0.15) is 23.7 Å². The zero-order valence-corrected chi connectivity index (χ0v) is 45.2. The predicted molar refractivity (Wildman–Crippen MR) is 288 cm³/mol. The van der Waals surface area contributed by atoms with Gasteiger partial charge in [-0.3, -0.25) is 19.2 Å². The van der Waals surface area contributed by atoms with Crippen molar-refractivity contribution >= 4 is 42.4 Å². The van der Waals surface area contributed by atoms with E-state index < -0.39 is 47.4 Å². The van der Waals surface area contributed by atoms with Crippen molar-refractivity contribution < 1.29 is 48.0 Å². The van der Waals surface area contributed by atoms with Crippen LogP contribution in [0.15, 0.2) is 84.9 Å². The van der Waals surface area contributed by atoms with Crippen molar-refractivity contribution in [3.05, 3.63) is 118 Å². The number of rotatable bonds is 11. The number of hydrogen-bond donors (Lipinski definition) is 3. The number of benzene rings is 4. The van der Waals surface area contributed by atoms with Gasteiger partial charge in [-0.05, 0) is 140 Å². The molecular formula is C61H77ClN2O10. The molecule has 2 fully saturated rings. The van der Waals surface area contributed by atoms with Gasteiger partial charge in [0.25, 0.3) is 0 Å². The van der Waals surface area contributed by atoms with Gasteiger partial charge in [0.15, 0.2) is 0 Å². The van der Waals surface area contributed by atoms with Gasteiger partial charge in [0.05, 0.1) is 24.7 Å². The Balaban J connectivity index is 0.000000251. The molecule has 0 heterocycles. The number of alkyl carbamates (subject to hydrolysis) is 1. The summed E-state index contributed by atoms with van der Waals surface area (Å²) >= 11 is 0. The molecule has 12 nitrogen and oxygen atoms in total. The fourth-order valence-corrected chi connectivity index (χ4v) is 12.6. The molecule has 5 aliphatic carbocycles. The first-order valence-electron chi connectivity index (χ1n) is 26.7. The number of carboxylic acids is 1. The van der Waals surface area contributed by atoms with Gasteiger partial charge in [-0.2, -0.15) is 0 Å². The smallest absolute Gasteiger partial charge is 0.407 e. The molecule has 4 bridgehead atoms. The Labute approximate surface area is 443 Å². The van der Waals surface area contributed by atoms with Crippen LogP contribution < -0.4 is 20.5 Å². The number of fused-ring (bicyclic) bond motifs is 11. The number of halogens is 1. The van der Waals surface area contributed by atoms with Gasteiger partial charge in [0.2, 0.25) is 0 Å². The van der Waals surface area contributed by atoms with Crippen LogP contribution in [0.25, 0.3) is 11.1 Å². The molecule has 74 heavy (non-hydrogen) atoms. The van der Waals surface area contributed by atoms with E-state index in [4.69, 9.17) is 29.8 Å². The van der Waals surface area contributed by atoms with Gasteiger partial charge >= 0.3 is 30.0 Å². The Morgan fingerprint density at radius 2 is 1.19 bits per heavy atom. The van der Waals surface area contributed by atoms with E-state index in [0.29, 0.717) is 17.4 Å². The van der Waals surface area contributed by atoms with Crippen molar-refractivity contribution in [2.75, 3.05) is 6.61 Å². The van der Waals surface area contributed by atoms with Crippen molar-refractivity contribution in [3.8, 4) is 22.6 Å². The summed E-state index contributed by atoms with van der Waals surface area (Å²) in [5, 5.41) is 12.3. The van der Waals surface area contributed by atoms with Crippen LogP contribution in [0.1, 0.15) is 165 Å². The normalized spacial score (nSPS) is 24.4. The molecule has 0 aliphatic heterocycles. The first-order valence-corrected chi connectivity index (χ1v) is 26.7. The van der Waals surface area contributed by atoms with Gasteiger partial charge in [-0.15, -0.1) is 12.4 Å². The summed E-state index contributed by atoms with van der Waals surface area (Å²) in [7, 11) is 0. The maximum Gasteiger partial charge on any atom is 0.407 e. The monoisotopic (exact) mass is 1030 g/mol. The lowest BCUT2D eigenvalue weighted by Gasteiger charge is -2.49. The van der Waals surface area contributed by atoms with E-state index in [1.807, 2.05) is 36.4 Å². The van der Waals surface area contributed by atoms with Crippen LogP contribution in [0.2, 0.25) is 0 Å². The molecule has 9 rings (SSSR count). The third kappa shape index (κ3) is 12.5. The van der Waals surface area contributed by atoms with Crippen molar-refractivity contribution in [2.45, 2.75) is 173 Å². The standard InChI is InChI=1S/C40H47NO6.C21H29NO4.ClH/c1-25(37(43)47-39(2,3)4)21-35(42)46-28-19-18-26-22-27-13-7-6-12-20-40(5,34(26)23-28)36(27)41-38(44)45-24-33-31-16-10-8-14-29(31)30-15-9-11-17-32(30)33;1-13(20(24)25)10-18(23)26-16-8-7-14-11-15-6-4-3-5-9-21(2,19(15)22)17(14)12-16;/h8-11,14-19,23,25,27,33,36H,6-7,12-13,20-22,24H2,1-5H3,(H,41,44);7-8,12-13,15,19H,3-6,9-11,22H2,1-2H3,(H,24,25);1H/t25-,27+,36+,40-;13-,15+,19+,21-;/m11./s1. The third-order valence-electron chi connectivity index (χ3n) is 16.6. The van der Waals surface area contributed by atoms with E-state index in [9.17, 15) is 24.0 Å². The third-order valence-corrected chi connectivity index (χ3v) is 16.6. The molecule has 0 unspecified atom stereocenters. The van der Waals surface area contributed by atoms with Gasteiger partial charge in [-0.1, -0.05) is 127 Å². The van der Waals surface area contributed by atoms with Gasteiger partial charge in [0, 0.05) is 28.8 Å². The molecule has 0 spiro atoms. The molecule has 4 aromatic rings. The Kier molecular flexibility index (Phi) is 17.7. The number of carbonyl (C=O) groups is 5. The number of esters is 3. The minimum Gasteiger partial charge on any atom is -0.481 e. The first-order chi connectivity index (χ1) is 34.7. The van der Waals surface area contributed by atoms with Crippen LogP contribution in [0.4, 0.5) is 4.79 Å². The van der Waals surface area contributed by atoms with E-state index in [1.54, 1.807) is 27.7 Å². The Morgan fingerprint density at radius 3 is 1.74 bits per heavy atom. The molecule has 0 saturated heterocycles. The average molecular weight is 1030 g/mol. The molecule has 13 heteroatoms. The number of carboxylic acid groups (broad SMARTS) is 1. The lowest BCUT2D eigenvalue weighted by atomic mass is 9.59. The molecule has 2 saturated carbocycles. The first kappa shape index (κ1) is 56.0. The second-order valence-corrected chi connectivity index (χ2v) is 23.1. The maximum atomic E-state index is 13.6. The molecule has 5 aliphatic rings. The number of hydrogen-bond acceptors (Lipinski definition) is 10. The number of ether oxygens (including phenoxy) is 4.